The third-order valence-electron chi connectivity index (χ3n) is 12.4. The quantitative estimate of drug-likeness (QED) is 0.0262. The molecule has 0 aromatic heterocycles. The summed E-state index contributed by atoms with van der Waals surface area (Å²) in [5.74, 6) is -0.915. The molecule has 0 aromatic carbocycles. The molecule has 0 aliphatic heterocycles. The molecule has 0 spiro atoms. The lowest BCUT2D eigenvalue weighted by Gasteiger charge is -2.18. The van der Waals surface area contributed by atoms with Crippen LogP contribution in [0, 0.1) is 0 Å². The molecule has 68 heavy (non-hydrogen) atoms. The summed E-state index contributed by atoms with van der Waals surface area (Å²) in [7, 11) is 0. The van der Waals surface area contributed by atoms with Gasteiger partial charge in [0, 0.05) is 19.3 Å². The van der Waals surface area contributed by atoms with Crippen molar-refractivity contribution in [2.24, 2.45) is 0 Å². The molecule has 0 saturated carbocycles. The van der Waals surface area contributed by atoms with Crippen LogP contribution in [0.2, 0.25) is 0 Å². The zero-order chi connectivity index (χ0) is 49.3. The number of carbonyl (C=O) groups is 3. The van der Waals surface area contributed by atoms with Crippen LogP contribution in [-0.2, 0) is 28.6 Å². The number of allylic oxidation sites excluding steroid dienone is 12. The number of esters is 3. The van der Waals surface area contributed by atoms with E-state index in [-0.39, 0.29) is 31.1 Å². The zero-order valence-corrected chi connectivity index (χ0v) is 44.9. The molecule has 6 heteroatoms. The smallest absolute Gasteiger partial charge is 0.306 e. The average molecular weight is 950 g/mol. The zero-order valence-electron chi connectivity index (χ0n) is 44.9. The summed E-state index contributed by atoms with van der Waals surface area (Å²) in [5, 5.41) is 0. The standard InChI is InChI=1S/C62H108O6/c1-4-7-10-13-16-19-21-23-24-25-26-27-28-29-30-31-32-33-34-35-36-37-38-40-41-43-46-49-52-55-61(64)67-58-59(57-66-60(63)54-51-48-45-18-15-12-9-6-3)68-62(65)56-53-50-47-44-42-39-22-20-17-14-11-8-5-2/h8,11,17,20-21,23,25-26,28-29,39,42,59H,4-7,9-10,12-16,18-19,22,24,27,30-38,40-41,43-58H2,1-3H3/b11-8-,20-17-,23-21-,26-25-,29-28-,42-39-. The van der Waals surface area contributed by atoms with Gasteiger partial charge in [0.25, 0.3) is 0 Å². The molecule has 0 bridgehead atoms. The van der Waals surface area contributed by atoms with Gasteiger partial charge in [-0.15, -0.1) is 0 Å². The van der Waals surface area contributed by atoms with Gasteiger partial charge in [-0.05, 0) is 89.9 Å². The maximum atomic E-state index is 12.8. The summed E-state index contributed by atoms with van der Waals surface area (Å²) in [6.07, 6.45) is 72.1. The van der Waals surface area contributed by atoms with E-state index in [9.17, 15) is 14.4 Å². The highest BCUT2D eigenvalue weighted by molar-refractivity contribution is 5.71. The third kappa shape index (κ3) is 53.8. The van der Waals surface area contributed by atoms with E-state index in [1.165, 1.54) is 148 Å². The van der Waals surface area contributed by atoms with Crippen LogP contribution in [0.15, 0.2) is 72.9 Å². The molecule has 0 rings (SSSR count). The molecule has 0 amide bonds. The Morgan fingerprint density at radius 2 is 0.574 bits per heavy atom. The highest BCUT2D eigenvalue weighted by atomic mass is 16.6. The van der Waals surface area contributed by atoms with E-state index < -0.39 is 6.10 Å². The molecule has 0 N–H and O–H groups in total. The molecule has 0 fully saturated rings. The normalized spacial score (nSPS) is 12.6. The van der Waals surface area contributed by atoms with Crippen LogP contribution in [0.1, 0.15) is 284 Å². The topological polar surface area (TPSA) is 78.9 Å². The molecule has 0 aliphatic rings. The Labute approximate surface area is 421 Å². The number of hydrogen-bond donors (Lipinski definition) is 0. The second kappa shape index (κ2) is 56.4. The van der Waals surface area contributed by atoms with Gasteiger partial charge in [-0.3, -0.25) is 14.4 Å². The summed E-state index contributed by atoms with van der Waals surface area (Å²) in [4.78, 5) is 37.9. The van der Waals surface area contributed by atoms with Gasteiger partial charge in [0.05, 0.1) is 0 Å². The number of carbonyl (C=O) groups excluding carboxylic acids is 3. The van der Waals surface area contributed by atoms with E-state index in [0.717, 1.165) is 96.3 Å². The van der Waals surface area contributed by atoms with E-state index >= 15 is 0 Å². The summed E-state index contributed by atoms with van der Waals surface area (Å²) in [5.41, 5.74) is 0. The molecule has 1 atom stereocenters. The maximum Gasteiger partial charge on any atom is 0.306 e. The van der Waals surface area contributed by atoms with Crippen molar-refractivity contribution in [3.05, 3.63) is 72.9 Å². The lowest BCUT2D eigenvalue weighted by atomic mass is 10.0. The maximum absolute atomic E-state index is 12.8. The largest absolute Gasteiger partial charge is 0.462 e. The molecule has 0 heterocycles. The number of ether oxygens (including phenoxy) is 3. The van der Waals surface area contributed by atoms with Crippen LogP contribution >= 0.6 is 0 Å². The van der Waals surface area contributed by atoms with Crippen molar-refractivity contribution in [1.82, 2.24) is 0 Å². The molecule has 0 radical (unpaired) electrons. The summed E-state index contributed by atoms with van der Waals surface area (Å²) < 4.78 is 16.8. The van der Waals surface area contributed by atoms with Crippen LogP contribution in [-0.4, -0.2) is 37.2 Å². The minimum atomic E-state index is -0.787. The second-order valence-corrected chi connectivity index (χ2v) is 19.2. The Hall–Kier alpha value is -3.15. The Morgan fingerprint density at radius 3 is 0.912 bits per heavy atom. The molecule has 0 aromatic rings. The second-order valence-electron chi connectivity index (χ2n) is 19.2. The molecule has 0 saturated heterocycles. The van der Waals surface area contributed by atoms with Gasteiger partial charge in [-0.25, -0.2) is 0 Å². The van der Waals surface area contributed by atoms with Gasteiger partial charge in [-0.1, -0.05) is 248 Å². The van der Waals surface area contributed by atoms with Crippen LogP contribution in [0.5, 0.6) is 0 Å². The highest BCUT2D eigenvalue weighted by Gasteiger charge is 2.19. The number of rotatable bonds is 52. The van der Waals surface area contributed by atoms with Gasteiger partial charge in [0.1, 0.15) is 13.2 Å². The molecular weight excluding hydrogens is 841 g/mol. The first kappa shape index (κ1) is 64.8. The minimum Gasteiger partial charge on any atom is -0.462 e. The van der Waals surface area contributed by atoms with Crippen LogP contribution in [0.25, 0.3) is 0 Å². The molecule has 392 valence electrons. The molecule has 6 nitrogen and oxygen atoms in total. The summed E-state index contributed by atoms with van der Waals surface area (Å²) >= 11 is 0. The lowest BCUT2D eigenvalue weighted by Crippen LogP contribution is -2.30. The van der Waals surface area contributed by atoms with Crippen molar-refractivity contribution in [2.45, 2.75) is 290 Å². The minimum absolute atomic E-state index is 0.0855. The van der Waals surface area contributed by atoms with Gasteiger partial charge >= 0.3 is 17.9 Å². The predicted molar refractivity (Wildman–Crippen MR) is 293 cm³/mol. The lowest BCUT2D eigenvalue weighted by molar-refractivity contribution is -0.167. The van der Waals surface area contributed by atoms with Crippen LogP contribution < -0.4 is 0 Å². The van der Waals surface area contributed by atoms with E-state index in [1.54, 1.807) is 0 Å². The highest BCUT2D eigenvalue weighted by Crippen LogP contribution is 2.16. The monoisotopic (exact) mass is 949 g/mol. The SMILES string of the molecule is CC/C=C\C/C=C\C/C=C\CCCCCC(=O)OC(COC(=O)CCCCCCCCCC)COC(=O)CCCCCCCCCCCCCCCC/C=C\C/C=C\C/C=C\CCCCCCC. The summed E-state index contributed by atoms with van der Waals surface area (Å²) in [6.45, 7) is 6.47. The summed E-state index contributed by atoms with van der Waals surface area (Å²) in [6, 6.07) is 0. The Bertz CT molecular complexity index is 1270. The van der Waals surface area contributed by atoms with E-state index in [1.807, 2.05) is 0 Å². The average Bonchev–Trinajstić information content (AvgIpc) is 3.34. The Kier molecular flexibility index (Phi) is 53.8. The molecule has 1 unspecified atom stereocenters. The van der Waals surface area contributed by atoms with E-state index in [2.05, 4.69) is 93.7 Å². The van der Waals surface area contributed by atoms with Gasteiger partial charge < -0.3 is 14.2 Å². The first-order valence-corrected chi connectivity index (χ1v) is 28.9. The fourth-order valence-corrected chi connectivity index (χ4v) is 8.11. The van der Waals surface area contributed by atoms with Crippen molar-refractivity contribution >= 4 is 17.9 Å². The Balaban J connectivity index is 4.11. The van der Waals surface area contributed by atoms with Crippen molar-refractivity contribution in [3.63, 3.8) is 0 Å². The van der Waals surface area contributed by atoms with E-state index in [4.69, 9.17) is 14.2 Å². The fraction of sp³-hybridized carbons (Fsp3) is 0.758. The first-order valence-electron chi connectivity index (χ1n) is 28.9. The Morgan fingerprint density at radius 1 is 0.309 bits per heavy atom. The van der Waals surface area contributed by atoms with Crippen LogP contribution in [0.4, 0.5) is 0 Å². The molecular formula is C62H108O6. The van der Waals surface area contributed by atoms with Crippen molar-refractivity contribution in [3.8, 4) is 0 Å². The molecule has 0 aliphatic carbocycles. The van der Waals surface area contributed by atoms with Gasteiger partial charge in [0.2, 0.25) is 0 Å². The third-order valence-corrected chi connectivity index (χ3v) is 12.4. The number of unbranched alkanes of at least 4 members (excludes halogenated alkanes) is 29. The van der Waals surface area contributed by atoms with E-state index in [0.29, 0.717) is 19.3 Å². The van der Waals surface area contributed by atoms with Crippen molar-refractivity contribution < 1.29 is 28.6 Å². The predicted octanol–water partition coefficient (Wildman–Crippen LogP) is 19.4. The van der Waals surface area contributed by atoms with Crippen molar-refractivity contribution in [2.75, 3.05) is 13.2 Å². The number of hydrogen-bond acceptors (Lipinski definition) is 6. The fourth-order valence-electron chi connectivity index (χ4n) is 8.11. The first-order chi connectivity index (χ1) is 33.5. The van der Waals surface area contributed by atoms with Crippen LogP contribution in [0.3, 0.4) is 0 Å². The van der Waals surface area contributed by atoms with Crippen molar-refractivity contribution in [1.29, 1.82) is 0 Å². The van der Waals surface area contributed by atoms with Gasteiger partial charge in [-0.2, -0.15) is 0 Å². The van der Waals surface area contributed by atoms with Gasteiger partial charge in [0.15, 0.2) is 6.10 Å².